The highest BCUT2D eigenvalue weighted by atomic mass is 15.1. The first-order valence-electron chi connectivity index (χ1n) is 5.55. The van der Waals surface area contributed by atoms with Gasteiger partial charge in [-0.15, -0.1) is 0 Å². The van der Waals surface area contributed by atoms with E-state index in [1.807, 2.05) is 26.8 Å². The van der Waals surface area contributed by atoms with E-state index in [-0.39, 0.29) is 7.43 Å². The second-order valence-corrected chi connectivity index (χ2v) is 3.65. The molecule has 0 aliphatic heterocycles. The monoisotopic (exact) mass is 262 g/mol. The van der Waals surface area contributed by atoms with Gasteiger partial charge in [0.15, 0.2) is 0 Å². The quantitative estimate of drug-likeness (QED) is 0.582. The number of nitrogens with zero attached hydrogens (tertiary/aromatic N) is 3. The first-order chi connectivity index (χ1) is 8.68. The lowest BCUT2D eigenvalue weighted by molar-refractivity contribution is 1.05. The third-order valence-electron chi connectivity index (χ3n) is 1.91. The minimum absolute atomic E-state index is 0. The smallest absolute Gasteiger partial charge is 0.102 e. The molecule has 3 N–H and O–H groups in total. The molecule has 104 valence electrons. The van der Waals surface area contributed by atoms with Crippen LogP contribution in [0.25, 0.3) is 0 Å². The Labute approximate surface area is 113 Å². The summed E-state index contributed by atoms with van der Waals surface area (Å²) >= 11 is 0. The van der Waals surface area contributed by atoms with Gasteiger partial charge in [-0.3, -0.25) is 5.10 Å². The molecule has 0 unspecified atom stereocenters. The Morgan fingerprint density at radius 1 is 1.00 bits per heavy atom. The van der Waals surface area contributed by atoms with E-state index in [2.05, 4.69) is 30.1 Å². The molecule has 19 heavy (non-hydrogen) atoms. The first kappa shape index (κ1) is 16.6. The highest BCUT2D eigenvalue weighted by Gasteiger charge is 1.74. The summed E-state index contributed by atoms with van der Waals surface area (Å²) in [5, 5.41) is 6.45. The van der Waals surface area contributed by atoms with Gasteiger partial charge in [0.1, 0.15) is 5.82 Å². The van der Waals surface area contributed by atoms with Gasteiger partial charge in [-0.25, -0.2) is 9.97 Å². The highest BCUT2D eigenvalue weighted by Crippen LogP contribution is 1.82. The number of H-pyrrole nitrogens is 3. The van der Waals surface area contributed by atoms with Crippen molar-refractivity contribution in [1.29, 1.82) is 0 Å². The van der Waals surface area contributed by atoms with E-state index < -0.39 is 0 Å². The van der Waals surface area contributed by atoms with Crippen molar-refractivity contribution in [3.63, 3.8) is 0 Å². The minimum atomic E-state index is 0. The van der Waals surface area contributed by atoms with Crippen LogP contribution in [0.4, 0.5) is 0 Å². The molecule has 0 fully saturated rings. The Bertz CT molecular complexity index is 405. The number of hydrogen-bond acceptors (Lipinski definition) is 3. The lowest BCUT2D eigenvalue weighted by Gasteiger charge is -1.68. The molecule has 0 spiro atoms. The van der Waals surface area contributed by atoms with Crippen LogP contribution in [0, 0.1) is 20.8 Å². The van der Waals surface area contributed by atoms with Crippen molar-refractivity contribution in [2.75, 3.05) is 0 Å². The van der Waals surface area contributed by atoms with Gasteiger partial charge in [-0.1, -0.05) is 7.43 Å². The molecule has 0 aliphatic carbocycles. The molecule has 3 aromatic heterocycles. The Morgan fingerprint density at radius 3 is 1.95 bits per heavy atom. The maximum atomic E-state index is 3.86. The molecule has 3 heterocycles. The predicted molar refractivity (Wildman–Crippen MR) is 76.7 cm³/mol. The number of aromatic nitrogens is 6. The maximum absolute atomic E-state index is 3.86. The van der Waals surface area contributed by atoms with Crippen LogP contribution < -0.4 is 0 Å². The summed E-state index contributed by atoms with van der Waals surface area (Å²) in [6.07, 6.45) is 8.70. The van der Waals surface area contributed by atoms with Crippen LogP contribution in [0.15, 0.2) is 37.2 Å². The lowest BCUT2D eigenvalue weighted by atomic mass is 10.5. The van der Waals surface area contributed by atoms with Crippen LogP contribution in [0.3, 0.4) is 0 Å². The van der Waals surface area contributed by atoms with Crippen molar-refractivity contribution < 1.29 is 0 Å². The zero-order chi connectivity index (χ0) is 13.2. The van der Waals surface area contributed by atoms with Crippen LogP contribution in [0.5, 0.6) is 0 Å². The molecule has 0 saturated heterocycles. The van der Waals surface area contributed by atoms with E-state index in [0.29, 0.717) is 0 Å². The van der Waals surface area contributed by atoms with Crippen LogP contribution in [0.2, 0.25) is 0 Å². The molecule has 0 saturated carbocycles. The van der Waals surface area contributed by atoms with Gasteiger partial charge in [-0.05, 0) is 26.8 Å². The molecule has 6 nitrogen and oxygen atoms in total. The standard InChI is InChI=1S/3C4H6N2.CH4/c1-4-2-5-3-6-4;1-4-5-2-3-6-4;1-4-2-3-5-6-4;/h3*2-3H,1H3,(H,5,6);1H4. The summed E-state index contributed by atoms with van der Waals surface area (Å²) in [5.41, 5.74) is 2.21. The molecular weight excluding hydrogens is 240 g/mol. The number of nitrogens with one attached hydrogen (secondary N) is 3. The molecule has 3 aromatic rings. The Balaban J connectivity index is 0.000000249. The fourth-order valence-corrected chi connectivity index (χ4v) is 0.995. The average molecular weight is 262 g/mol. The van der Waals surface area contributed by atoms with Gasteiger partial charge in [0, 0.05) is 36.2 Å². The van der Waals surface area contributed by atoms with Crippen LogP contribution in [-0.4, -0.2) is 30.1 Å². The van der Waals surface area contributed by atoms with Gasteiger partial charge in [0.25, 0.3) is 0 Å². The second-order valence-electron chi connectivity index (χ2n) is 3.65. The molecule has 0 radical (unpaired) electrons. The Morgan fingerprint density at radius 2 is 1.79 bits per heavy atom. The van der Waals surface area contributed by atoms with Gasteiger partial charge in [-0.2, -0.15) is 5.10 Å². The summed E-state index contributed by atoms with van der Waals surface area (Å²) in [5.74, 6) is 0.968. The number of rotatable bonds is 0. The largest absolute Gasteiger partial charge is 0.349 e. The molecular formula is C13H22N6. The van der Waals surface area contributed by atoms with Crippen molar-refractivity contribution in [3.05, 3.63) is 54.4 Å². The summed E-state index contributed by atoms with van der Waals surface area (Å²) < 4.78 is 0. The zero-order valence-corrected chi connectivity index (χ0v) is 10.8. The van der Waals surface area contributed by atoms with Gasteiger partial charge >= 0.3 is 0 Å². The number of imidazole rings is 2. The number of hydrogen-bond donors (Lipinski definition) is 3. The summed E-state index contributed by atoms with van der Waals surface area (Å²) in [7, 11) is 0. The van der Waals surface area contributed by atoms with Crippen molar-refractivity contribution >= 4 is 0 Å². The topological polar surface area (TPSA) is 86.0 Å². The summed E-state index contributed by atoms with van der Waals surface area (Å²) in [6.45, 7) is 5.85. The summed E-state index contributed by atoms with van der Waals surface area (Å²) in [6, 6.07) is 1.92. The molecule has 3 rings (SSSR count). The normalized spacial score (nSPS) is 8.37. The average Bonchev–Trinajstić information content (AvgIpc) is 3.05. The Kier molecular flexibility index (Phi) is 8.44. The van der Waals surface area contributed by atoms with Crippen LogP contribution in [-0.2, 0) is 0 Å². The van der Waals surface area contributed by atoms with Gasteiger partial charge in [0.2, 0.25) is 0 Å². The molecule has 6 heteroatoms. The molecule has 0 atom stereocenters. The molecule has 0 amide bonds. The fourth-order valence-electron chi connectivity index (χ4n) is 0.995. The maximum Gasteiger partial charge on any atom is 0.102 e. The first-order valence-corrected chi connectivity index (χ1v) is 5.55. The molecule has 0 aromatic carbocycles. The fraction of sp³-hybridized carbons (Fsp3) is 0.308. The number of aryl methyl sites for hydroxylation is 3. The van der Waals surface area contributed by atoms with Crippen LogP contribution in [0.1, 0.15) is 24.6 Å². The lowest BCUT2D eigenvalue weighted by Crippen LogP contribution is -1.66. The minimum Gasteiger partial charge on any atom is -0.349 e. The van der Waals surface area contributed by atoms with E-state index in [1.165, 1.54) is 0 Å². The van der Waals surface area contributed by atoms with Crippen molar-refractivity contribution in [2.45, 2.75) is 28.2 Å². The highest BCUT2D eigenvalue weighted by molar-refractivity contribution is 4.92. The second kappa shape index (κ2) is 9.64. The van der Waals surface area contributed by atoms with E-state index in [1.54, 1.807) is 31.1 Å². The summed E-state index contributed by atoms with van der Waals surface area (Å²) in [4.78, 5) is 13.4. The molecule has 0 bridgehead atoms. The molecule has 0 aliphatic rings. The van der Waals surface area contributed by atoms with Gasteiger partial charge in [0.05, 0.1) is 6.33 Å². The van der Waals surface area contributed by atoms with Crippen molar-refractivity contribution in [3.8, 4) is 0 Å². The van der Waals surface area contributed by atoms with Crippen molar-refractivity contribution in [1.82, 2.24) is 30.1 Å². The zero-order valence-electron chi connectivity index (χ0n) is 10.8. The van der Waals surface area contributed by atoms with E-state index in [4.69, 9.17) is 0 Å². The van der Waals surface area contributed by atoms with Gasteiger partial charge < -0.3 is 9.97 Å². The van der Waals surface area contributed by atoms with E-state index in [9.17, 15) is 0 Å². The Hall–Kier alpha value is -2.37. The van der Waals surface area contributed by atoms with Crippen LogP contribution >= 0.6 is 0 Å². The number of aromatic amines is 3. The van der Waals surface area contributed by atoms with E-state index in [0.717, 1.165) is 17.2 Å². The third kappa shape index (κ3) is 8.37. The van der Waals surface area contributed by atoms with E-state index >= 15 is 0 Å². The SMILES string of the molecule is C.Cc1ccn[nH]1.Cc1cnc[nH]1.Cc1ncc[nH]1. The third-order valence-corrected chi connectivity index (χ3v) is 1.91. The van der Waals surface area contributed by atoms with Crippen molar-refractivity contribution in [2.24, 2.45) is 0 Å². The predicted octanol–water partition coefficient (Wildman–Crippen LogP) is 2.79.